The summed E-state index contributed by atoms with van der Waals surface area (Å²) in [4.78, 5) is 17.9. The Balaban J connectivity index is 1.55. The van der Waals surface area contributed by atoms with Crippen LogP contribution in [0.2, 0.25) is 0 Å². The first-order valence-corrected chi connectivity index (χ1v) is 12.1. The van der Waals surface area contributed by atoms with Crippen molar-refractivity contribution in [3.63, 3.8) is 0 Å². The summed E-state index contributed by atoms with van der Waals surface area (Å²) in [5.74, 6) is -1.66. The normalized spacial score (nSPS) is 14.3. The second-order valence-electron chi connectivity index (χ2n) is 10.1. The first kappa shape index (κ1) is 25.8. The van der Waals surface area contributed by atoms with Gasteiger partial charge in [-0.2, -0.15) is 18.2 Å². The van der Waals surface area contributed by atoms with Crippen molar-refractivity contribution in [2.45, 2.75) is 58.2 Å². The Labute approximate surface area is 214 Å². The molecule has 4 aromatic rings. The molecule has 2 aromatic carbocycles. The third-order valence-electron chi connectivity index (χ3n) is 6.82. The largest absolute Gasteiger partial charge is 0.471 e. The van der Waals surface area contributed by atoms with Gasteiger partial charge in [0.2, 0.25) is 0 Å². The van der Waals surface area contributed by atoms with E-state index in [1.807, 2.05) is 10.2 Å². The standard InChI is InChI=1S/C26H25F5N6O/c1-14-34-35-24-32-22(19-12-16(27)6-7-20(19)37(14)24)36-10-4-5-18-15(11-17(28)13-21(18)36)8-9-25(2,3)33-23(38)26(29,30)31/h6-7,11-13H,4-5,8-10H2,1-3H3,(H,33,38). The third-order valence-corrected chi connectivity index (χ3v) is 6.82. The Hall–Kier alpha value is -3.83. The van der Waals surface area contributed by atoms with Crippen LogP contribution in [0.15, 0.2) is 30.3 Å². The summed E-state index contributed by atoms with van der Waals surface area (Å²) in [5.41, 5.74) is 1.50. The van der Waals surface area contributed by atoms with E-state index in [4.69, 9.17) is 0 Å². The summed E-state index contributed by atoms with van der Waals surface area (Å²) in [7, 11) is 0. The fourth-order valence-corrected chi connectivity index (χ4v) is 5.02. The predicted molar refractivity (Wildman–Crippen MR) is 131 cm³/mol. The van der Waals surface area contributed by atoms with Gasteiger partial charge in [0.05, 0.1) is 5.52 Å². The monoisotopic (exact) mass is 532 g/mol. The molecule has 2 aromatic heterocycles. The molecule has 0 unspecified atom stereocenters. The Morgan fingerprint density at radius 2 is 1.84 bits per heavy atom. The summed E-state index contributed by atoms with van der Waals surface area (Å²) in [6.45, 7) is 5.25. The molecule has 7 nitrogen and oxygen atoms in total. The van der Waals surface area contributed by atoms with Crippen LogP contribution >= 0.6 is 0 Å². The van der Waals surface area contributed by atoms with E-state index in [0.717, 1.165) is 5.56 Å². The van der Waals surface area contributed by atoms with Gasteiger partial charge in [-0.15, -0.1) is 10.2 Å². The summed E-state index contributed by atoms with van der Waals surface area (Å²) >= 11 is 0. The third kappa shape index (κ3) is 4.74. The van der Waals surface area contributed by atoms with E-state index in [2.05, 4.69) is 15.2 Å². The predicted octanol–water partition coefficient (Wildman–Crippen LogP) is 5.34. The molecule has 1 N–H and O–H groups in total. The summed E-state index contributed by atoms with van der Waals surface area (Å²) < 4.78 is 69.3. The van der Waals surface area contributed by atoms with Crippen molar-refractivity contribution in [3.8, 4) is 0 Å². The van der Waals surface area contributed by atoms with Gasteiger partial charge in [-0.3, -0.25) is 9.20 Å². The number of carbonyl (C=O) groups excluding carboxylic acids is 1. The van der Waals surface area contributed by atoms with E-state index in [9.17, 15) is 26.7 Å². The van der Waals surface area contributed by atoms with Crippen molar-refractivity contribution in [2.75, 3.05) is 11.4 Å². The molecule has 0 saturated heterocycles. The van der Waals surface area contributed by atoms with Crippen LogP contribution in [0, 0.1) is 18.6 Å². The molecule has 0 atom stereocenters. The Kier molecular flexibility index (Phi) is 6.23. The Bertz CT molecular complexity index is 1560. The van der Waals surface area contributed by atoms with Gasteiger partial charge in [0.15, 0.2) is 0 Å². The topological polar surface area (TPSA) is 75.4 Å². The number of fused-ring (bicyclic) bond motifs is 4. The maximum absolute atomic E-state index is 14.9. The number of anilines is 2. The number of carbonyl (C=O) groups is 1. The van der Waals surface area contributed by atoms with Crippen LogP contribution in [0.1, 0.15) is 43.6 Å². The van der Waals surface area contributed by atoms with E-state index in [1.165, 1.54) is 38.1 Å². The SMILES string of the molecule is Cc1nnc2nc(N3CCCc4c(CCC(C)(C)NC(=O)C(F)(F)F)cc(F)cc43)c3cc(F)ccc3n12. The van der Waals surface area contributed by atoms with E-state index in [-0.39, 0.29) is 12.8 Å². The quantitative estimate of drug-likeness (QED) is 0.352. The fourth-order valence-electron chi connectivity index (χ4n) is 5.02. The lowest BCUT2D eigenvalue weighted by Gasteiger charge is -2.33. The number of hydrogen-bond donors (Lipinski definition) is 1. The average molecular weight is 533 g/mol. The molecular formula is C26H25F5N6O. The molecule has 1 aliphatic rings. The molecule has 0 saturated carbocycles. The van der Waals surface area contributed by atoms with E-state index in [1.54, 1.807) is 17.4 Å². The second-order valence-corrected chi connectivity index (χ2v) is 10.1. The summed E-state index contributed by atoms with van der Waals surface area (Å²) in [6.07, 6.45) is -3.29. The summed E-state index contributed by atoms with van der Waals surface area (Å²) in [6, 6.07) is 7.10. The van der Waals surface area contributed by atoms with Gasteiger partial charge in [-0.1, -0.05) is 0 Å². The lowest BCUT2D eigenvalue weighted by molar-refractivity contribution is -0.175. The van der Waals surface area contributed by atoms with Crippen molar-refractivity contribution in [1.29, 1.82) is 0 Å². The van der Waals surface area contributed by atoms with Crippen molar-refractivity contribution in [1.82, 2.24) is 24.9 Å². The molecule has 200 valence electrons. The minimum absolute atomic E-state index is 0.155. The maximum atomic E-state index is 14.9. The zero-order chi connectivity index (χ0) is 27.4. The van der Waals surface area contributed by atoms with Crippen LogP contribution in [0.4, 0.5) is 33.5 Å². The smallest absolute Gasteiger partial charge is 0.343 e. The number of nitrogens with zero attached hydrogens (tertiary/aromatic N) is 5. The molecule has 0 aliphatic carbocycles. The number of aryl methyl sites for hydroxylation is 2. The molecule has 3 heterocycles. The minimum atomic E-state index is -4.99. The highest BCUT2D eigenvalue weighted by Crippen LogP contribution is 2.39. The highest BCUT2D eigenvalue weighted by atomic mass is 19.4. The fraction of sp³-hybridized carbons (Fsp3) is 0.385. The molecule has 38 heavy (non-hydrogen) atoms. The number of alkyl halides is 3. The van der Waals surface area contributed by atoms with E-state index in [0.29, 0.717) is 59.0 Å². The zero-order valence-electron chi connectivity index (χ0n) is 21.0. The number of hydrogen-bond acceptors (Lipinski definition) is 5. The Morgan fingerprint density at radius 1 is 1.08 bits per heavy atom. The second kappa shape index (κ2) is 9.17. The van der Waals surface area contributed by atoms with Crippen LogP contribution in [0.3, 0.4) is 0 Å². The Morgan fingerprint density at radius 3 is 2.58 bits per heavy atom. The van der Waals surface area contributed by atoms with Crippen molar-refractivity contribution in [2.24, 2.45) is 0 Å². The number of benzene rings is 2. The van der Waals surface area contributed by atoms with Crippen LogP contribution in [0.25, 0.3) is 16.7 Å². The van der Waals surface area contributed by atoms with Gasteiger partial charge in [-0.05, 0) is 87.9 Å². The first-order valence-electron chi connectivity index (χ1n) is 12.1. The zero-order valence-corrected chi connectivity index (χ0v) is 21.0. The van der Waals surface area contributed by atoms with Crippen LogP contribution in [-0.4, -0.2) is 43.7 Å². The molecule has 12 heteroatoms. The highest BCUT2D eigenvalue weighted by molar-refractivity contribution is 5.94. The van der Waals surface area contributed by atoms with Crippen molar-refractivity contribution in [3.05, 3.63) is 58.9 Å². The minimum Gasteiger partial charge on any atom is -0.343 e. The number of halogens is 5. The average Bonchev–Trinajstić information content (AvgIpc) is 3.21. The van der Waals surface area contributed by atoms with Gasteiger partial charge in [0.25, 0.3) is 5.78 Å². The molecule has 0 fully saturated rings. The van der Waals surface area contributed by atoms with Crippen LogP contribution < -0.4 is 10.2 Å². The van der Waals surface area contributed by atoms with Crippen molar-refractivity contribution < 1.29 is 26.7 Å². The number of aromatic nitrogens is 4. The van der Waals surface area contributed by atoms with Gasteiger partial charge in [0, 0.05) is 23.2 Å². The number of amides is 1. The molecule has 1 aliphatic heterocycles. The highest BCUT2D eigenvalue weighted by Gasteiger charge is 2.41. The van der Waals surface area contributed by atoms with Crippen LogP contribution in [0.5, 0.6) is 0 Å². The molecule has 0 bridgehead atoms. The number of nitrogens with one attached hydrogen (secondary N) is 1. The van der Waals surface area contributed by atoms with Gasteiger partial charge in [-0.25, -0.2) is 8.78 Å². The molecule has 1 amide bonds. The van der Waals surface area contributed by atoms with Crippen molar-refractivity contribution >= 4 is 34.1 Å². The molecule has 5 rings (SSSR count). The first-order chi connectivity index (χ1) is 17.8. The van der Waals surface area contributed by atoms with E-state index >= 15 is 0 Å². The number of rotatable bonds is 5. The lowest BCUT2D eigenvalue weighted by Crippen LogP contribution is -2.49. The van der Waals surface area contributed by atoms with E-state index < -0.39 is 29.3 Å². The lowest BCUT2D eigenvalue weighted by atomic mass is 9.89. The molecule has 0 radical (unpaired) electrons. The van der Waals surface area contributed by atoms with Crippen LogP contribution in [-0.2, 0) is 17.6 Å². The van der Waals surface area contributed by atoms with Gasteiger partial charge < -0.3 is 10.2 Å². The van der Waals surface area contributed by atoms with Gasteiger partial charge in [0.1, 0.15) is 23.3 Å². The summed E-state index contributed by atoms with van der Waals surface area (Å²) in [5, 5.41) is 10.7. The van der Waals surface area contributed by atoms with Gasteiger partial charge >= 0.3 is 12.1 Å². The molecule has 0 spiro atoms. The molecular weight excluding hydrogens is 507 g/mol. The maximum Gasteiger partial charge on any atom is 0.471 e.